The van der Waals surface area contributed by atoms with Crippen molar-refractivity contribution in [3.05, 3.63) is 23.5 Å². The third kappa shape index (κ3) is 3.01. The van der Waals surface area contributed by atoms with E-state index in [-0.39, 0.29) is 0 Å². The average Bonchev–Trinajstić information content (AvgIpc) is 2.60. The van der Waals surface area contributed by atoms with Gasteiger partial charge in [0.15, 0.2) is 0 Å². The van der Waals surface area contributed by atoms with Crippen molar-refractivity contribution in [2.75, 3.05) is 26.2 Å². The summed E-state index contributed by atoms with van der Waals surface area (Å²) in [6, 6.07) is 0. The molecule has 2 rings (SSSR count). The molecule has 0 amide bonds. The van der Waals surface area contributed by atoms with Gasteiger partial charge >= 0.3 is 6.18 Å². The van der Waals surface area contributed by atoms with E-state index >= 15 is 0 Å². The van der Waals surface area contributed by atoms with E-state index in [1.165, 1.54) is 4.57 Å². The van der Waals surface area contributed by atoms with Gasteiger partial charge in [0.1, 0.15) is 0 Å². The van der Waals surface area contributed by atoms with Crippen LogP contribution in [0.1, 0.15) is 11.1 Å². The second-order valence-electron chi connectivity index (χ2n) is 4.39. The molecule has 0 radical (unpaired) electrons. The molecule has 1 N–H and O–H groups in total. The Morgan fingerprint density at radius 3 is 2.47 bits per heavy atom. The number of halogens is 3. The van der Waals surface area contributed by atoms with Crippen molar-refractivity contribution in [2.45, 2.75) is 12.7 Å². The van der Waals surface area contributed by atoms with E-state index in [4.69, 9.17) is 0 Å². The SMILES string of the molecule is Cn1cc(CN2CCNCC2)c(C(F)(F)F)c1. The summed E-state index contributed by atoms with van der Waals surface area (Å²) in [5, 5.41) is 3.18. The van der Waals surface area contributed by atoms with Gasteiger partial charge in [0.25, 0.3) is 0 Å². The van der Waals surface area contributed by atoms with Crippen LogP contribution in [0.5, 0.6) is 0 Å². The molecule has 3 nitrogen and oxygen atoms in total. The molecule has 6 heteroatoms. The van der Waals surface area contributed by atoms with Crippen molar-refractivity contribution >= 4 is 0 Å². The lowest BCUT2D eigenvalue weighted by Gasteiger charge is -2.27. The van der Waals surface area contributed by atoms with Crippen molar-refractivity contribution in [3.63, 3.8) is 0 Å². The highest BCUT2D eigenvalue weighted by molar-refractivity contribution is 5.27. The predicted molar refractivity (Wildman–Crippen MR) is 58.6 cm³/mol. The normalized spacial score (nSPS) is 18.6. The van der Waals surface area contributed by atoms with Crippen molar-refractivity contribution in [1.29, 1.82) is 0 Å². The van der Waals surface area contributed by atoms with Crippen LogP contribution in [0.25, 0.3) is 0 Å². The number of aryl methyl sites for hydroxylation is 1. The van der Waals surface area contributed by atoms with Crippen molar-refractivity contribution in [3.8, 4) is 0 Å². The Balaban J connectivity index is 2.14. The van der Waals surface area contributed by atoms with Gasteiger partial charge in [-0.1, -0.05) is 0 Å². The number of alkyl halides is 3. The van der Waals surface area contributed by atoms with Crippen molar-refractivity contribution in [2.24, 2.45) is 7.05 Å². The number of nitrogens with one attached hydrogen (secondary N) is 1. The monoisotopic (exact) mass is 247 g/mol. The van der Waals surface area contributed by atoms with Crippen LogP contribution in [-0.4, -0.2) is 35.6 Å². The van der Waals surface area contributed by atoms with Gasteiger partial charge in [0, 0.05) is 52.2 Å². The molecule has 1 aromatic rings. The van der Waals surface area contributed by atoms with E-state index in [0.29, 0.717) is 12.1 Å². The highest BCUT2D eigenvalue weighted by atomic mass is 19.4. The molecular weight excluding hydrogens is 231 g/mol. The first-order valence-electron chi connectivity index (χ1n) is 5.62. The Morgan fingerprint density at radius 2 is 1.88 bits per heavy atom. The Morgan fingerprint density at radius 1 is 1.24 bits per heavy atom. The summed E-state index contributed by atoms with van der Waals surface area (Å²) >= 11 is 0. The van der Waals surface area contributed by atoms with Crippen LogP contribution in [0.4, 0.5) is 13.2 Å². The Kier molecular flexibility index (Phi) is 3.44. The zero-order chi connectivity index (χ0) is 12.5. The first-order chi connectivity index (χ1) is 7.97. The second kappa shape index (κ2) is 4.70. The van der Waals surface area contributed by atoms with Gasteiger partial charge in [-0.05, 0) is 5.56 Å². The first-order valence-corrected chi connectivity index (χ1v) is 5.62. The van der Waals surface area contributed by atoms with Gasteiger partial charge in [0.05, 0.1) is 5.56 Å². The predicted octanol–water partition coefficient (Wildman–Crippen LogP) is 1.45. The summed E-state index contributed by atoms with van der Waals surface area (Å²) < 4.78 is 39.8. The van der Waals surface area contributed by atoms with Crippen LogP contribution in [0.15, 0.2) is 12.4 Å². The summed E-state index contributed by atoms with van der Waals surface area (Å²) in [5.74, 6) is 0. The Labute approximate surface area is 98.2 Å². The minimum Gasteiger partial charge on any atom is -0.356 e. The van der Waals surface area contributed by atoms with Crippen LogP contribution >= 0.6 is 0 Å². The number of piperazine rings is 1. The maximum absolute atomic E-state index is 12.8. The van der Waals surface area contributed by atoms with E-state index < -0.39 is 11.7 Å². The fraction of sp³-hybridized carbons (Fsp3) is 0.636. The highest BCUT2D eigenvalue weighted by Gasteiger charge is 2.34. The van der Waals surface area contributed by atoms with Crippen LogP contribution in [0, 0.1) is 0 Å². The van der Waals surface area contributed by atoms with Crippen LogP contribution in [0.3, 0.4) is 0 Å². The second-order valence-corrected chi connectivity index (χ2v) is 4.39. The minimum absolute atomic E-state index is 0.363. The number of rotatable bonds is 2. The topological polar surface area (TPSA) is 20.2 Å². The summed E-state index contributed by atoms with van der Waals surface area (Å²) in [4.78, 5) is 2.04. The van der Waals surface area contributed by atoms with Crippen LogP contribution in [-0.2, 0) is 19.8 Å². The molecule has 1 aliphatic heterocycles. The lowest BCUT2D eigenvalue weighted by Crippen LogP contribution is -2.43. The van der Waals surface area contributed by atoms with Crippen molar-refractivity contribution < 1.29 is 13.2 Å². The largest absolute Gasteiger partial charge is 0.418 e. The fourth-order valence-electron chi connectivity index (χ4n) is 2.13. The van der Waals surface area contributed by atoms with Gasteiger partial charge in [0.2, 0.25) is 0 Å². The highest BCUT2D eigenvalue weighted by Crippen LogP contribution is 2.33. The smallest absolute Gasteiger partial charge is 0.356 e. The molecule has 0 atom stereocenters. The summed E-state index contributed by atoms with van der Waals surface area (Å²) in [6.45, 7) is 3.65. The van der Waals surface area contributed by atoms with Gasteiger partial charge in [-0.3, -0.25) is 4.90 Å². The zero-order valence-corrected chi connectivity index (χ0v) is 9.72. The number of aromatic nitrogens is 1. The summed E-state index contributed by atoms with van der Waals surface area (Å²) in [5.41, 5.74) is -0.152. The Bertz CT molecular complexity index is 378. The summed E-state index contributed by atoms with van der Waals surface area (Å²) in [7, 11) is 1.62. The zero-order valence-electron chi connectivity index (χ0n) is 9.72. The van der Waals surface area contributed by atoms with E-state index in [9.17, 15) is 13.2 Å². The third-order valence-corrected chi connectivity index (χ3v) is 2.95. The quantitative estimate of drug-likeness (QED) is 0.853. The molecule has 0 bridgehead atoms. The summed E-state index contributed by atoms with van der Waals surface area (Å²) in [6.07, 6.45) is -1.55. The van der Waals surface area contributed by atoms with Crippen LogP contribution < -0.4 is 5.32 Å². The molecule has 0 aliphatic carbocycles. The molecule has 0 aromatic carbocycles. The first kappa shape index (κ1) is 12.4. The van der Waals surface area contributed by atoms with Gasteiger partial charge < -0.3 is 9.88 Å². The molecule has 1 fully saturated rings. The van der Waals surface area contributed by atoms with E-state index in [1.807, 2.05) is 4.90 Å². The van der Waals surface area contributed by atoms with E-state index in [0.717, 1.165) is 32.4 Å². The molecule has 96 valence electrons. The molecule has 17 heavy (non-hydrogen) atoms. The van der Waals surface area contributed by atoms with E-state index in [2.05, 4.69) is 5.32 Å². The van der Waals surface area contributed by atoms with Gasteiger partial charge in [-0.2, -0.15) is 13.2 Å². The molecule has 0 unspecified atom stereocenters. The third-order valence-electron chi connectivity index (χ3n) is 2.95. The molecule has 1 aromatic heterocycles. The maximum atomic E-state index is 12.8. The van der Waals surface area contributed by atoms with Gasteiger partial charge in [-0.15, -0.1) is 0 Å². The van der Waals surface area contributed by atoms with Crippen molar-refractivity contribution in [1.82, 2.24) is 14.8 Å². The number of hydrogen-bond donors (Lipinski definition) is 1. The molecule has 1 saturated heterocycles. The van der Waals surface area contributed by atoms with Crippen LogP contribution in [0.2, 0.25) is 0 Å². The number of nitrogens with zero attached hydrogens (tertiary/aromatic N) is 2. The number of hydrogen-bond acceptors (Lipinski definition) is 2. The fourth-order valence-corrected chi connectivity index (χ4v) is 2.13. The minimum atomic E-state index is -4.26. The molecule has 0 saturated carbocycles. The standard InChI is InChI=1S/C11H16F3N3/c1-16-6-9(10(8-16)11(12,13)14)7-17-4-2-15-3-5-17/h6,8,15H,2-5,7H2,1H3. The molecule has 1 aliphatic rings. The molecule has 0 spiro atoms. The lowest BCUT2D eigenvalue weighted by molar-refractivity contribution is -0.138. The van der Waals surface area contributed by atoms with E-state index in [1.54, 1.807) is 13.2 Å². The molecule has 2 heterocycles. The lowest BCUT2D eigenvalue weighted by atomic mass is 10.1. The maximum Gasteiger partial charge on any atom is 0.418 e. The molecular formula is C11H16F3N3. The Hall–Kier alpha value is -1.01. The average molecular weight is 247 g/mol. The van der Waals surface area contributed by atoms with Gasteiger partial charge in [-0.25, -0.2) is 0 Å².